The predicted octanol–water partition coefficient (Wildman–Crippen LogP) is 2.80. The van der Waals surface area contributed by atoms with Crippen LogP contribution in [0.1, 0.15) is 39.7 Å². The van der Waals surface area contributed by atoms with Crippen molar-refractivity contribution in [2.75, 3.05) is 19.6 Å². The summed E-state index contributed by atoms with van der Waals surface area (Å²) in [6, 6.07) is 5.27. The van der Waals surface area contributed by atoms with Gasteiger partial charge in [0.1, 0.15) is 0 Å². The normalized spacial score (nSPS) is 17.1. The van der Waals surface area contributed by atoms with Crippen LogP contribution in [0.3, 0.4) is 0 Å². The van der Waals surface area contributed by atoms with Crippen LogP contribution >= 0.6 is 11.6 Å². The minimum absolute atomic E-state index is 0.0312. The molecule has 1 amide bonds. The molecule has 136 valence electrons. The Morgan fingerprint density at radius 3 is 2.64 bits per heavy atom. The highest BCUT2D eigenvalue weighted by atomic mass is 35.5. The second kappa shape index (κ2) is 6.84. The van der Waals surface area contributed by atoms with E-state index in [-0.39, 0.29) is 23.2 Å². The Morgan fingerprint density at radius 1 is 1.32 bits per heavy atom. The van der Waals surface area contributed by atoms with Crippen LogP contribution in [0.15, 0.2) is 27.4 Å². The lowest BCUT2D eigenvalue weighted by atomic mass is 10.0. The van der Waals surface area contributed by atoms with Crippen molar-refractivity contribution in [1.29, 1.82) is 0 Å². The molecule has 7 heteroatoms. The van der Waals surface area contributed by atoms with E-state index in [2.05, 4.69) is 10.2 Å². The summed E-state index contributed by atoms with van der Waals surface area (Å²) in [6.45, 7) is 7.83. The third-order valence-corrected chi connectivity index (χ3v) is 4.61. The molecule has 1 aliphatic heterocycles. The minimum atomic E-state index is -0.346. The molecule has 2 heterocycles. The van der Waals surface area contributed by atoms with E-state index in [0.29, 0.717) is 17.2 Å². The maximum atomic E-state index is 12.2. The number of likely N-dealkylation sites (tertiary alicyclic amines) is 1. The average Bonchev–Trinajstić information content (AvgIpc) is 2.81. The quantitative estimate of drug-likeness (QED) is 0.908. The minimum Gasteiger partial charge on any atom is -0.408 e. The maximum absolute atomic E-state index is 12.2. The molecule has 0 unspecified atom stereocenters. The van der Waals surface area contributed by atoms with Crippen molar-refractivity contribution in [1.82, 2.24) is 14.8 Å². The Balaban J connectivity index is 1.67. The molecule has 0 spiro atoms. The van der Waals surface area contributed by atoms with E-state index < -0.39 is 0 Å². The monoisotopic (exact) mass is 365 g/mol. The topological polar surface area (TPSA) is 67.5 Å². The Hall–Kier alpha value is -1.79. The molecule has 6 nitrogen and oxygen atoms in total. The lowest BCUT2D eigenvalue weighted by Gasteiger charge is -2.32. The Labute approximate surface area is 151 Å². The summed E-state index contributed by atoms with van der Waals surface area (Å²) in [5.74, 6) is -0.315. The van der Waals surface area contributed by atoms with Crippen LogP contribution in [0, 0.1) is 0 Å². The first-order chi connectivity index (χ1) is 11.7. The first-order valence-electron chi connectivity index (χ1n) is 8.57. The van der Waals surface area contributed by atoms with Gasteiger partial charge in [0, 0.05) is 29.7 Å². The van der Waals surface area contributed by atoms with Crippen molar-refractivity contribution < 1.29 is 9.21 Å². The van der Waals surface area contributed by atoms with E-state index in [1.165, 1.54) is 0 Å². The first kappa shape index (κ1) is 18.0. The number of fused-ring (bicyclic) bond motifs is 1. The van der Waals surface area contributed by atoms with Gasteiger partial charge in [0.05, 0.1) is 12.1 Å². The number of amides is 1. The number of halogens is 1. The highest BCUT2D eigenvalue weighted by Gasteiger charge is 2.26. The molecular formula is C18H24ClN3O3. The van der Waals surface area contributed by atoms with Gasteiger partial charge in [-0.15, -0.1) is 0 Å². The van der Waals surface area contributed by atoms with Gasteiger partial charge in [-0.05, 0) is 51.8 Å². The van der Waals surface area contributed by atoms with Gasteiger partial charge in [-0.25, -0.2) is 4.79 Å². The summed E-state index contributed by atoms with van der Waals surface area (Å²) in [6.07, 6.45) is 1.59. The summed E-state index contributed by atoms with van der Waals surface area (Å²) >= 11 is 6.06. The van der Waals surface area contributed by atoms with Crippen molar-refractivity contribution in [2.45, 2.75) is 45.2 Å². The molecule has 1 aliphatic rings. The molecular weight excluding hydrogens is 342 g/mol. The van der Waals surface area contributed by atoms with Gasteiger partial charge in [0.25, 0.3) is 0 Å². The van der Waals surface area contributed by atoms with E-state index in [4.69, 9.17) is 16.0 Å². The Kier molecular flexibility index (Phi) is 4.93. The number of oxazole rings is 1. The molecule has 2 aromatic rings. The van der Waals surface area contributed by atoms with Crippen molar-refractivity contribution >= 4 is 28.6 Å². The number of carbonyl (C=O) groups excluding carboxylic acids is 1. The number of hydrogen-bond acceptors (Lipinski definition) is 4. The summed E-state index contributed by atoms with van der Waals surface area (Å²) in [7, 11) is 0. The molecule has 0 bridgehead atoms. The lowest BCUT2D eigenvalue weighted by molar-refractivity contribution is -0.124. The highest BCUT2D eigenvalue weighted by Crippen LogP contribution is 2.27. The number of hydrogen-bond donors (Lipinski definition) is 1. The molecule has 1 aromatic heterocycles. The maximum Gasteiger partial charge on any atom is 0.420 e. The van der Waals surface area contributed by atoms with Crippen molar-refractivity contribution in [3.05, 3.63) is 33.8 Å². The van der Waals surface area contributed by atoms with E-state index >= 15 is 0 Å². The fourth-order valence-electron chi connectivity index (χ4n) is 3.35. The number of rotatable bonds is 3. The van der Waals surface area contributed by atoms with Crippen LogP contribution in [-0.4, -0.2) is 40.5 Å². The molecule has 3 rings (SSSR count). The van der Waals surface area contributed by atoms with Crippen LogP contribution in [0.2, 0.25) is 5.02 Å². The SMILES string of the molecule is CC(C)(C)NC(=O)CN1CCC(n2c(=O)oc3ccc(Cl)cc32)CC1. The van der Waals surface area contributed by atoms with Crippen molar-refractivity contribution in [3.8, 4) is 0 Å². The number of aromatic nitrogens is 1. The van der Waals surface area contributed by atoms with Crippen LogP contribution in [0.5, 0.6) is 0 Å². The molecule has 1 saturated heterocycles. The molecule has 0 aliphatic carbocycles. The molecule has 1 aromatic carbocycles. The number of carbonyl (C=O) groups is 1. The summed E-state index contributed by atoms with van der Waals surface area (Å²) in [5.41, 5.74) is 1.07. The van der Waals surface area contributed by atoms with Gasteiger partial charge < -0.3 is 9.73 Å². The van der Waals surface area contributed by atoms with Crippen LogP contribution in [-0.2, 0) is 4.79 Å². The second-order valence-corrected chi connectivity index (χ2v) is 8.09. The van der Waals surface area contributed by atoms with Gasteiger partial charge in [0.2, 0.25) is 5.91 Å². The Bertz CT molecular complexity index is 826. The standard InChI is InChI=1S/C18H24ClN3O3/c1-18(2,3)20-16(23)11-21-8-6-13(7-9-21)22-14-10-12(19)4-5-15(14)25-17(22)24/h4-5,10,13H,6-9,11H2,1-3H3,(H,20,23). The number of nitrogens with one attached hydrogen (secondary N) is 1. The third-order valence-electron chi connectivity index (χ3n) is 4.38. The van der Waals surface area contributed by atoms with E-state index in [1.807, 2.05) is 20.8 Å². The highest BCUT2D eigenvalue weighted by molar-refractivity contribution is 6.31. The zero-order chi connectivity index (χ0) is 18.2. The van der Waals surface area contributed by atoms with Gasteiger partial charge in [0.15, 0.2) is 5.58 Å². The fraction of sp³-hybridized carbons (Fsp3) is 0.556. The summed E-state index contributed by atoms with van der Waals surface area (Å²) in [4.78, 5) is 26.4. The van der Waals surface area contributed by atoms with Gasteiger partial charge in [-0.3, -0.25) is 14.3 Å². The fourth-order valence-corrected chi connectivity index (χ4v) is 3.52. The van der Waals surface area contributed by atoms with Crippen molar-refractivity contribution in [3.63, 3.8) is 0 Å². The van der Waals surface area contributed by atoms with Gasteiger partial charge in [-0.1, -0.05) is 11.6 Å². The summed E-state index contributed by atoms with van der Waals surface area (Å²) in [5, 5.41) is 3.56. The zero-order valence-corrected chi connectivity index (χ0v) is 15.6. The van der Waals surface area contributed by atoms with Gasteiger partial charge in [-0.2, -0.15) is 0 Å². The first-order valence-corrected chi connectivity index (χ1v) is 8.95. The molecule has 0 radical (unpaired) electrons. The lowest BCUT2D eigenvalue weighted by Crippen LogP contribution is -2.47. The largest absolute Gasteiger partial charge is 0.420 e. The number of benzene rings is 1. The van der Waals surface area contributed by atoms with E-state index in [0.717, 1.165) is 31.4 Å². The van der Waals surface area contributed by atoms with E-state index in [1.54, 1.807) is 22.8 Å². The molecule has 1 fully saturated rings. The molecule has 1 N–H and O–H groups in total. The van der Waals surface area contributed by atoms with E-state index in [9.17, 15) is 9.59 Å². The zero-order valence-electron chi connectivity index (χ0n) is 14.8. The predicted molar refractivity (Wildman–Crippen MR) is 98.1 cm³/mol. The smallest absolute Gasteiger partial charge is 0.408 e. The third kappa shape index (κ3) is 4.25. The molecule has 25 heavy (non-hydrogen) atoms. The second-order valence-electron chi connectivity index (χ2n) is 7.66. The van der Waals surface area contributed by atoms with Crippen LogP contribution in [0.25, 0.3) is 11.1 Å². The molecule has 0 saturated carbocycles. The van der Waals surface area contributed by atoms with Crippen molar-refractivity contribution in [2.24, 2.45) is 0 Å². The van der Waals surface area contributed by atoms with Gasteiger partial charge >= 0.3 is 5.76 Å². The number of piperidine rings is 1. The summed E-state index contributed by atoms with van der Waals surface area (Å²) < 4.78 is 7.03. The van der Waals surface area contributed by atoms with Crippen LogP contribution in [0.4, 0.5) is 0 Å². The molecule has 0 atom stereocenters. The van der Waals surface area contributed by atoms with Crippen LogP contribution < -0.4 is 11.1 Å². The Morgan fingerprint density at radius 2 is 2.00 bits per heavy atom. The average molecular weight is 366 g/mol. The number of nitrogens with zero attached hydrogens (tertiary/aromatic N) is 2.